The van der Waals surface area contributed by atoms with E-state index in [0.29, 0.717) is 31.8 Å². The molecule has 0 aromatic heterocycles. The van der Waals surface area contributed by atoms with E-state index in [2.05, 4.69) is 38.3 Å². The molecule has 0 spiro atoms. The first-order valence-electron chi connectivity index (χ1n) is 7.48. The van der Waals surface area contributed by atoms with Crippen LogP contribution in [0.5, 0.6) is 0 Å². The van der Waals surface area contributed by atoms with Gasteiger partial charge in [-0.1, -0.05) is 13.3 Å². The van der Waals surface area contributed by atoms with Crippen molar-refractivity contribution in [2.24, 2.45) is 5.92 Å². The van der Waals surface area contributed by atoms with Crippen molar-refractivity contribution >= 4 is 11.9 Å². The summed E-state index contributed by atoms with van der Waals surface area (Å²) in [4.78, 5) is 22.1. The lowest BCUT2D eigenvalue weighted by molar-refractivity contribution is -0.137. The highest BCUT2D eigenvalue weighted by molar-refractivity contribution is 5.76. The van der Waals surface area contributed by atoms with Crippen molar-refractivity contribution in [1.82, 2.24) is 10.6 Å². The number of hydrogen-bond donors (Lipinski definition) is 3. The highest BCUT2D eigenvalue weighted by Gasteiger charge is 2.11. The molecule has 3 N–H and O–H groups in total. The number of carbonyl (C=O) groups excluding carboxylic acids is 1. The molecule has 0 aliphatic carbocycles. The molecule has 0 aliphatic heterocycles. The Kier molecular flexibility index (Phi) is 9.21. The van der Waals surface area contributed by atoms with Crippen LogP contribution in [-0.2, 0) is 9.59 Å². The maximum atomic E-state index is 11.6. The topological polar surface area (TPSA) is 78.4 Å². The quantitative estimate of drug-likeness (QED) is 0.575. The molecule has 0 rings (SSSR count). The van der Waals surface area contributed by atoms with Gasteiger partial charge in [-0.3, -0.25) is 9.59 Å². The minimum Gasteiger partial charge on any atom is -0.481 e. The van der Waals surface area contributed by atoms with Crippen molar-refractivity contribution in [3.8, 4) is 0 Å². The second-order valence-electron chi connectivity index (χ2n) is 6.27. The van der Waals surface area contributed by atoms with E-state index in [9.17, 15) is 9.59 Å². The highest BCUT2D eigenvalue weighted by atomic mass is 16.4. The molecule has 0 fully saturated rings. The lowest BCUT2D eigenvalue weighted by Gasteiger charge is -2.20. The van der Waals surface area contributed by atoms with E-state index in [1.807, 2.05) is 0 Å². The fourth-order valence-electron chi connectivity index (χ4n) is 1.94. The Morgan fingerprint density at radius 2 is 1.75 bits per heavy atom. The molecule has 0 bridgehead atoms. The van der Waals surface area contributed by atoms with Crippen LogP contribution < -0.4 is 10.6 Å². The summed E-state index contributed by atoms with van der Waals surface area (Å²) >= 11 is 0. The Hall–Kier alpha value is -1.10. The molecular weight excluding hydrogens is 256 g/mol. The van der Waals surface area contributed by atoms with E-state index in [0.717, 1.165) is 12.8 Å². The first-order chi connectivity index (χ1) is 9.24. The second-order valence-corrected chi connectivity index (χ2v) is 6.27. The summed E-state index contributed by atoms with van der Waals surface area (Å²) in [5.74, 6) is -0.324. The zero-order chi connectivity index (χ0) is 15.6. The third-order valence-corrected chi connectivity index (χ3v) is 3.23. The van der Waals surface area contributed by atoms with Gasteiger partial charge in [0.2, 0.25) is 5.91 Å². The van der Waals surface area contributed by atoms with Gasteiger partial charge in [-0.2, -0.15) is 0 Å². The fourth-order valence-corrected chi connectivity index (χ4v) is 1.94. The van der Waals surface area contributed by atoms with E-state index in [-0.39, 0.29) is 17.9 Å². The normalized spacial score (nSPS) is 13.0. The van der Waals surface area contributed by atoms with Gasteiger partial charge in [-0.05, 0) is 39.5 Å². The van der Waals surface area contributed by atoms with Crippen molar-refractivity contribution in [2.45, 2.75) is 65.3 Å². The fraction of sp³-hybridized carbons (Fsp3) is 0.867. The van der Waals surface area contributed by atoms with Crippen LogP contribution in [0.3, 0.4) is 0 Å². The smallest absolute Gasteiger partial charge is 0.303 e. The van der Waals surface area contributed by atoms with Crippen molar-refractivity contribution in [2.75, 3.05) is 13.1 Å². The number of carbonyl (C=O) groups is 2. The van der Waals surface area contributed by atoms with Gasteiger partial charge < -0.3 is 15.7 Å². The number of hydrogen-bond acceptors (Lipinski definition) is 3. The monoisotopic (exact) mass is 286 g/mol. The Bertz CT molecular complexity index is 298. The zero-order valence-corrected chi connectivity index (χ0v) is 13.3. The van der Waals surface area contributed by atoms with E-state index in [4.69, 9.17) is 5.11 Å². The molecule has 0 saturated heterocycles. The molecule has 0 aromatic carbocycles. The van der Waals surface area contributed by atoms with Crippen LogP contribution in [0.1, 0.15) is 59.8 Å². The van der Waals surface area contributed by atoms with Crippen LogP contribution in [0.15, 0.2) is 0 Å². The summed E-state index contributed by atoms with van der Waals surface area (Å²) in [7, 11) is 0. The lowest BCUT2D eigenvalue weighted by atomic mass is 9.96. The van der Waals surface area contributed by atoms with Crippen molar-refractivity contribution in [3.05, 3.63) is 0 Å². The number of carboxylic acids is 1. The van der Waals surface area contributed by atoms with Crippen LogP contribution >= 0.6 is 0 Å². The molecule has 0 aromatic rings. The van der Waals surface area contributed by atoms with Gasteiger partial charge >= 0.3 is 5.97 Å². The molecule has 1 unspecified atom stereocenters. The summed E-state index contributed by atoms with van der Waals surface area (Å²) in [5.41, 5.74) is 0.0322. The second kappa shape index (κ2) is 9.75. The van der Waals surface area contributed by atoms with E-state index >= 15 is 0 Å². The molecule has 20 heavy (non-hydrogen) atoms. The summed E-state index contributed by atoms with van der Waals surface area (Å²) < 4.78 is 0. The SMILES string of the molecule is CCC(CCNC(=O)CCNC(C)(C)C)CCC(=O)O. The molecule has 118 valence electrons. The molecular formula is C15H30N2O3. The molecule has 5 nitrogen and oxygen atoms in total. The van der Waals surface area contributed by atoms with Crippen LogP contribution in [0, 0.1) is 5.92 Å². The molecule has 0 heterocycles. The van der Waals surface area contributed by atoms with E-state index in [1.54, 1.807) is 0 Å². The Balaban J connectivity index is 3.70. The third-order valence-electron chi connectivity index (χ3n) is 3.23. The van der Waals surface area contributed by atoms with Gasteiger partial charge in [-0.25, -0.2) is 0 Å². The summed E-state index contributed by atoms with van der Waals surface area (Å²) in [6.45, 7) is 9.57. The van der Waals surface area contributed by atoms with Crippen molar-refractivity contribution in [3.63, 3.8) is 0 Å². The maximum Gasteiger partial charge on any atom is 0.303 e. The molecule has 1 atom stereocenters. The first-order valence-corrected chi connectivity index (χ1v) is 7.48. The predicted molar refractivity (Wildman–Crippen MR) is 80.7 cm³/mol. The van der Waals surface area contributed by atoms with Gasteiger partial charge in [0.1, 0.15) is 0 Å². The average Bonchev–Trinajstić information content (AvgIpc) is 2.31. The van der Waals surface area contributed by atoms with Gasteiger partial charge in [-0.15, -0.1) is 0 Å². The molecule has 0 aliphatic rings. The maximum absolute atomic E-state index is 11.6. The number of nitrogens with one attached hydrogen (secondary N) is 2. The van der Waals surface area contributed by atoms with Gasteiger partial charge in [0, 0.05) is 31.5 Å². The Morgan fingerprint density at radius 1 is 1.10 bits per heavy atom. The largest absolute Gasteiger partial charge is 0.481 e. The molecule has 0 saturated carbocycles. The summed E-state index contributed by atoms with van der Waals surface area (Å²) in [5, 5.41) is 14.8. The van der Waals surface area contributed by atoms with Crippen LogP contribution in [0.2, 0.25) is 0 Å². The number of amides is 1. The highest BCUT2D eigenvalue weighted by Crippen LogP contribution is 2.14. The number of carboxylic acid groups (broad SMARTS) is 1. The molecule has 1 amide bonds. The first kappa shape index (κ1) is 18.9. The summed E-state index contributed by atoms with van der Waals surface area (Å²) in [6.07, 6.45) is 3.18. The van der Waals surface area contributed by atoms with E-state index < -0.39 is 5.97 Å². The van der Waals surface area contributed by atoms with Crippen molar-refractivity contribution in [1.29, 1.82) is 0 Å². The van der Waals surface area contributed by atoms with Crippen LogP contribution in [-0.4, -0.2) is 35.6 Å². The number of rotatable bonds is 10. The van der Waals surface area contributed by atoms with Gasteiger partial charge in [0.05, 0.1) is 0 Å². The number of aliphatic carboxylic acids is 1. The molecule has 5 heteroatoms. The van der Waals surface area contributed by atoms with E-state index in [1.165, 1.54) is 0 Å². The van der Waals surface area contributed by atoms with Gasteiger partial charge in [0.15, 0.2) is 0 Å². The third kappa shape index (κ3) is 12.0. The average molecular weight is 286 g/mol. The van der Waals surface area contributed by atoms with Gasteiger partial charge in [0.25, 0.3) is 0 Å². The minimum atomic E-state index is -0.749. The van der Waals surface area contributed by atoms with Crippen LogP contribution in [0.4, 0.5) is 0 Å². The standard InChI is InChI=1S/C15H30N2O3/c1-5-12(6-7-14(19)20)8-10-16-13(18)9-11-17-15(2,3)4/h12,17H,5-11H2,1-4H3,(H,16,18)(H,19,20). The molecule has 0 radical (unpaired) electrons. The predicted octanol–water partition coefficient (Wildman–Crippen LogP) is 2.16. The zero-order valence-electron chi connectivity index (χ0n) is 13.3. The van der Waals surface area contributed by atoms with Crippen LogP contribution in [0.25, 0.3) is 0 Å². The Labute approximate surface area is 122 Å². The minimum absolute atomic E-state index is 0.0322. The summed E-state index contributed by atoms with van der Waals surface area (Å²) in [6, 6.07) is 0. The lowest BCUT2D eigenvalue weighted by Crippen LogP contribution is -2.38. The van der Waals surface area contributed by atoms with Crippen molar-refractivity contribution < 1.29 is 14.7 Å². The Morgan fingerprint density at radius 3 is 2.25 bits per heavy atom.